The molecule has 154 valence electrons. The van der Waals surface area contributed by atoms with Crippen molar-refractivity contribution in [3.63, 3.8) is 0 Å². The van der Waals surface area contributed by atoms with Crippen LogP contribution in [0.2, 0.25) is 0 Å². The number of alkyl halides is 2. The lowest BCUT2D eigenvalue weighted by Crippen LogP contribution is -2.44. The van der Waals surface area contributed by atoms with Crippen LogP contribution in [-0.2, 0) is 9.59 Å². The number of likely N-dealkylation sites (tertiary alicyclic amines) is 2. The Morgan fingerprint density at radius 2 is 2.00 bits per heavy atom. The number of hydrogen-bond donors (Lipinski definition) is 1. The van der Waals surface area contributed by atoms with Crippen molar-refractivity contribution < 1.29 is 18.4 Å². The van der Waals surface area contributed by atoms with Crippen LogP contribution in [0, 0.1) is 12.8 Å². The molecule has 2 fully saturated rings. The summed E-state index contributed by atoms with van der Waals surface area (Å²) in [5.74, 6) is -3.14. The highest BCUT2D eigenvalue weighted by molar-refractivity contribution is 5.90. The Kier molecular flexibility index (Phi) is 6.33. The first kappa shape index (κ1) is 20.7. The minimum Gasteiger partial charge on any atom is -0.354 e. The summed E-state index contributed by atoms with van der Waals surface area (Å²) in [6, 6.07) is 7.68. The smallest absolute Gasteiger partial charge is 0.250 e. The van der Waals surface area contributed by atoms with E-state index in [2.05, 4.69) is 5.32 Å². The number of halogens is 2. The van der Waals surface area contributed by atoms with Crippen molar-refractivity contribution in [1.82, 2.24) is 15.1 Å². The average Bonchev–Trinajstić information content (AvgIpc) is 2.99. The molecule has 2 saturated heterocycles. The largest absolute Gasteiger partial charge is 0.354 e. The normalized spacial score (nSPS) is 25.1. The predicted octanol–water partition coefficient (Wildman–Crippen LogP) is 2.75. The Morgan fingerprint density at radius 3 is 2.64 bits per heavy atom. The van der Waals surface area contributed by atoms with Crippen molar-refractivity contribution in [3.05, 3.63) is 35.4 Å². The highest BCUT2D eigenvalue weighted by Gasteiger charge is 2.43. The van der Waals surface area contributed by atoms with E-state index in [1.165, 1.54) is 0 Å². The lowest BCUT2D eigenvalue weighted by atomic mass is 9.92. The molecule has 2 aliphatic heterocycles. The van der Waals surface area contributed by atoms with Crippen molar-refractivity contribution in [1.29, 1.82) is 0 Å². The van der Waals surface area contributed by atoms with E-state index in [4.69, 9.17) is 0 Å². The number of hydrogen-bond acceptors (Lipinski definition) is 3. The van der Waals surface area contributed by atoms with Crippen LogP contribution in [0.4, 0.5) is 8.78 Å². The molecule has 0 bridgehead atoms. The van der Waals surface area contributed by atoms with E-state index in [0.717, 1.165) is 11.1 Å². The van der Waals surface area contributed by atoms with Gasteiger partial charge in [-0.2, -0.15) is 0 Å². The summed E-state index contributed by atoms with van der Waals surface area (Å²) < 4.78 is 26.5. The lowest BCUT2D eigenvalue weighted by molar-refractivity contribution is -0.129. The van der Waals surface area contributed by atoms with Crippen molar-refractivity contribution in [2.45, 2.75) is 45.1 Å². The van der Waals surface area contributed by atoms with Gasteiger partial charge in [0.2, 0.25) is 11.8 Å². The lowest BCUT2D eigenvalue weighted by Gasteiger charge is -2.32. The van der Waals surface area contributed by atoms with E-state index < -0.39 is 11.8 Å². The monoisotopic (exact) mass is 393 g/mol. The molecule has 2 amide bonds. The first-order valence-corrected chi connectivity index (χ1v) is 10.0. The molecule has 2 aliphatic rings. The van der Waals surface area contributed by atoms with E-state index in [-0.39, 0.29) is 37.1 Å². The van der Waals surface area contributed by atoms with Crippen LogP contribution in [0.3, 0.4) is 0 Å². The van der Waals surface area contributed by atoms with Gasteiger partial charge in [-0.25, -0.2) is 8.78 Å². The first-order chi connectivity index (χ1) is 13.3. The van der Waals surface area contributed by atoms with Gasteiger partial charge in [-0.05, 0) is 19.4 Å². The fourth-order valence-corrected chi connectivity index (χ4v) is 4.24. The van der Waals surface area contributed by atoms with Gasteiger partial charge in [-0.3, -0.25) is 9.59 Å². The molecule has 7 heteroatoms. The summed E-state index contributed by atoms with van der Waals surface area (Å²) in [5.41, 5.74) is 2.07. The highest BCUT2D eigenvalue weighted by Crippen LogP contribution is 2.38. The molecule has 0 aromatic heterocycles. The first-order valence-electron chi connectivity index (χ1n) is 10.0. The topological polar surface area (TPSA) is 52.7 Å². The zero-order valence-corrected chi connectivity index (χ0v) is 16.6. The molecule has 1 aromatic carbocycles. The minimum atomic E-state index is -2.56. The molecular formula is C21H29F2N3O2. The van der Waals surface area contributed by atoms with Gasteiger partial charge in [0.1, 0.15) is 0 Å². The van der Waals surface area contributed by atoms with Gasteiger partial charge in [-0.15, -0.1) is 0 Å². The number of carbonyl (C=O) groups excluding carboxylic acids is 2. The Bertz CT molecular complexity index is 715. The second-order valence-electron chi connectivity index (χ2n) is 7.84. The molecule has 0 saturated carbocycles. The summed E-state index contributed by atoms with van der Waals surface area (Å²) >= 11 is 0. The zero-order chi connectivity index (χ0) is 20.3. The maximum atomic E-state index is 13.2. The number of rotatable bonds is 6. The molecular weight excluding hydrogens is 364 g/mol. The zero-order valence-electron chi connectivity index (χ0n) is 16.6. The van der Waals surface area contributed by atoms with E-state index in [1.54, 1.807) is 4.90 Å². The molecule has 2 unspecified atom stereocenters. The second-order valence-corrected chi connectivity index (χ2v) is 7.84. The summed E-state index contributed by atoms with van der Waals surface area (Å²) in [6.45, 7) is 6.13. The highest BCUT2D eigenvalue weighted by atomic mass is 19.3. The second kappa shape index (κ2) is 8.55. The number of aryl methyl sites for hydroxylation is 1. The van der Waals surface area contributed by atoms with Crippen LogP contribution in [0.1, 0.15) is 43.4 Å². The third-order valence-corrected chi connectivity index (χ3v) is 5.81. The third-order valence-electron chi connectivity index (χ3n) is 5.81. The SMILES string of the molecule is CCN1C(=O)CC(C(=O)NCCN2CCC(F)(F)CC2)C1c1cccc(C)c1. The number of carbonyl (C=O) groups is 2. The summed E-state index contributed by atoms with van der Waals surface area (Å²) in [6.07, 6.45) is -0.0495. The molecule has 2 atom stereocenters. The maximum Gasteiger partial charge on any atom is 0.250 e. The van der Waals surface area contributed by atoms with Crippen LogP contribution in [-0.4, -0.2) is 60.3 Å². The van der Waals surface area contributed by atoms with Crippen molar-refractivity contribution in [3.8, 4) is 0 Å². The van der Waals surface area contributed by atoms with Gasteiger partial charge in [0.25, 0.3) is 5.92 Å². The van der Waals surface area contributed by atoms with E-state index in [1.807, 2.05) is 43.0 Å². The van der Waals surface area contributed by atoms with Crippen molar-refractivity contribution in [2.75, 3.05) is 32.7 Å². The van der Waals surface area contributed by atoms with Crippen LogP contribution in [0.25, 0.3) is 0 Å². The van der Waals surface area contributed by atoms with Gasteiger partial charge in [0.15, 0.2) is 0 Å². The van der Waals surface area contributed by atoms with Gasteiger partial charge in [0.05, 0.1) is 12.0 Å². The van der Waals surface area contributed by atoms with Gasteiger partial charge >= 0.3 is 0 Å². The molecule has 2 heterocycles. The summed E-state index contributed by atoms with van der Waals surface area (Å²) in [7, 11) is 0. The number of amides is 2. The molecule has 0 spiro atoms. The van der Waals surface area contributed by atoms with Crippen molar-refractivity contribution in [2.24, 2.45) is 5.92 Å². The van der Waals surface area contributed by atoms with Crippen LogP contribution in [0.5, 0.6) is 0 Å². The molecule has 0 aliphatic carbocycles. The van der Waals surface area contributed by atoms with E-state index in [9.17, 15) is 18.4 Å². The van der Waals surface area contributed by atoms with Crippen LogP contribution >= 0.6 is 0 Å². The van der Waals surface area contributed by atoms with Gasteiger partial charge < -0.3 is 15.1 Å². The number of nitrogens with one attached hydrogen (secondary N) is 1. The Balaban J connectivity index is 1.60. The van der Waals surface area contributed by atoms with Crippen LogP contribution in [0.15, 0.2) is 24.3 Å². The van der Waals surface area contributed by atoms with Gasteiger partial charge in [-0.1, -0.05) is 29.8 Å². The summed E-state index contributed by atoms with van der Waals surface area (Å²) in [5, 5.41) is 2.93. The van der Waals surface area contributed by atoms with E-state index >= 15 is 0 Å². The van der Waals surface area contributed by atoms with E-state index in [0.29, 0.717) is 32.7 Å². The Hall–Kier alpha value is -2.02. The average molecular weight is 393 g/mol. The summed E-state index contributed by atoms with van der Waals surface area (Å²) in [4.78, 5) is 29.0. The minimum absolute atomic E-state index is 0.00702. The fraction of sp³-hybridized carbons (Fsp3) is 0.619. The molecule has 1 N–H and O–H groups in total. The molecule has 3 rings (SSSR count). The van der Waals surface area contributed by atoms with Crippen LogP contribution < -0.4 is 5.32 Å². The Labute approximate surface area is 165 Å². The number of nitrogens with zero attached hydrogens (tertiary/aromatic N) is 2. The Morgan fingerprint density at radius 1 is 1.29 bits per heavy atom. The fourth-order valence-electron chi connectivity index (χ4n) is 4.24. The van der Waals surface area contributed by atoms with Crippen molar-refractivity contribution >= 4 is 11.8 Å². The number of piperidine rings is 1. The molecule has 5 nitrogen and oxygen atoms in total. The predicted molar refractivity (Wildman–Crippen MR) is 103 cm³/mol. The standard InChI is InChI=1S/C21H29F2N3O2/c1-3-26-18(27)14-17(19(26)16-6-4-5-15(2)13-16)20(28)24-9-12-25-10-7-21(22,23)8-11-25/h4-6,13,17,19H,3,7-12,14H2,1-2H3,(H,24,28). The van der Waals surface area contributed by atoms with Gasteiger partial charge in [0, 0.05) is 52.0 Å². The molecule has 0 radical (unpaired) electrons. The quantitative estimate of drug-likeness (QED) is 0.809. The third kappa shape index (κ3) is 4.69. The molecule has 28 heavy (non-hydrogen) atoms. The molecule has 1 aromatic rings. The number of benzene rings is 1. The maximum absolute atomic E-state index is 13.2.